The van der Waals surface area contributed by atoms with Gasteiger partial charge in [-0.3, -0.25) is 4.79 Å². The lowest BCUT2D eigenvalue weighted by Crippen LogP contribution is -2.45. The zero-order valence-electron chi connectivity index (χ0n) is 10.2. The molecule has 0 atom stereocenters. The van der Waals surface area contributed by atoms with Gasteiger partial charge in [-0.2, -0.15) is 5.26 Å². The maximum atomic E-state index is 12.0. The van der Waals surface area contributed by atoms with E-state index in [1.807, 2.05) is 45.9 Å². The molecule has 0 aliphatic carbocycles. The Morgan fingerprint density at radius 3 is 2.38 bits per heavy atom. The van der Waals surface area contributed by atoms with Gasteiger partial charge in [0.25, 0.3) is 5.56 Å². The maximum absolute atomic E-state index is 12.0. The van der Waals surface area contributed by atoms with E-state index in [2.05, 4.69) is 0 Å². The molecule has 3 heteroatoms. The fraction of sp³-hybridized carbons (Fsp3) is 0.385. The summed E-state index contributed by atoms with van der Waals surface area (Å²) >= 11 is 0. The van der Waals surface area contributed by atoms with E-state index < -0.39 is 0 Å². The van der Waals surface area contributed by atoms with E-state index in [4.69, 9.17) is 5.26 Å². The SMILES string of the molecule is CC=c1c(C)c(C#N)c(=O)n(CC)c1=CC. The van der Waals surface area contributed by atoms with Gasteiger partial charge in [0.1, 0.15) is 11.6 Å². The van der Waals surface area contributed by atoms with Crippen molar-refractivity contribution >= 4 is 12.2 Å². The zero-order valence-corrected chi connectivity index (χ0v) is 10.2. The van der Waals surface area contributed by atoms with Crippen LogP contribution in [0.2, 0.25) is 0 Å². The number of hydrogen-bond acceptors (Lipinski definition) is 2. The molecular weight excluding hydrogens is 200 g/mol. The van der Waals surface area contributed by atoms with Crippen molar-refractivity contribution in [2.75, 3.05) is 0 Å². The highest BCUT2D eigenvalue weighted by Gasteiger charge is 2.09. The highest BCUT2D eigenvalue weighted by atomic mass is 16.1. The van der Waals surface area contributed by atoms with Crippen LogP contribution < -0.4 is 16.1 Å². The van der Waals surface area contributed by atoms with Gasteiger partial charge in [0.05, 0.1) is 0 Å². The van der Waals surface area contributed by atoms with Crippen molar-refractivity contribution in [2.45, 2.75) is 34.2 Å². The molecule has 0 fully saturated rings. The first-order valence-corrected chi connectivity index (χ1v) is 5.38. The molecule has 0 saturated heterocycles. The first kappa shape index (κ1) is 12.3. The lowest BCUT2D eigenvalue weighted by molar-refractivity contribution is 0.692. The smallest absolute Gasteiger partial charge is 0.269 e. The van der Waals surface area contributed by atoms with Crippen LogP contribution in [-0.2, 0) is 6.54 Å². The van der Waals surface area contributed by atoms with Crippen LogP contribution in [0.15, 0.2) is 4.79 Å². The highest BCUT2D eigenvalue weighted by molar-refractivity contribution is 5.41. The number of aromatic nitrogens is 1. The standard InChI is InChI=1S/C13H16N2O/c1-5-10-9(4)11(8-14)13(16)15(7-3)12(10)6-2/h5-6H,7H2,1-4H3. The quantitative estimate of drug-likeness (QED) is 0.692. The molecule has 16 heavy (non-hydrogen) atoms. The molecule has 0 radical (unpaired) electrons. The number of hydrogen-bond donors (Lipinski definition) is 0. The molecule has 0 bridgehead atoms. The highest BCUT2D eigenvalue weighted by Crippen LogP contribution is 1.92. The molecule has 0 N–H and O–H groups in total. The van der Waals surface area contributed by atoms with Gasteiger partial charge in [-0.25, -0.2) is 0 Å². The molecule has 0 unspecified atom stereocenters. The molecule has 0 spiro atoms. The predicted octanol–water partition coefficient (Wildman–Crippen LogP) is 0.649. The molecule has 1 heterocycles. The predicted molar refractivity (Wildman–Crippen MR) is 65.4 cm³/mol. The number of pyridine rings is 1. The monoisotopic (exact) mass is 216 g/mol. The Labute approximate surface area is 95.0 Å². The Kier molecular flexibility index (Phi) is 3.68. The van der Waals surface area contributed by atoms with Crippen LogP contribution in [0.5, 0.6) is 0 Å². The van der Waals surface area contributed by atoms with Crippen LogP contribution in [0, 0.1) is 18.3 Å². The molecule has 0 aliphatic heterocycles. The third-order valence-corrected chi connectivity index (χ3v) is 2.79. The fourth-order valence-corrected chi connectivity index (χ4v) is 2.00. The third-order valence-electron chi connectivity index (χ3n) is 2.79. The van der Waals surface area contributed by atoms with Gasteiger partial charge in [0.15, 0.2) is 0 Å². The van der Waals surface area contributed by atoms with E-state index in [1.165, 1.54) is 0 Å². The molecule has 1 aromatic heterocycles. The second-order valence-corrected chi connectivity index (χ2v) is 3.54. The number of rotatable bonds is 1. The van der Waals surface area contributed by atoms with E-state index in [0.717, 1.165) is 16.1 Å². The summed E-state index contributed by atoms with van der Waals surface area (Å²) in [5.74, 6) is 0. The van der Waals surface area contributed by atoms with E-state index in [0.29, 0.717) is 6.54 Å². The van der Waals surface area contributed by atoms with Crippen LogP contribution in [0.1, 0.15) is 31.9 Å². The average molecular weight is 216 g/mol. The van der Waals surface area contributed by atoms with Crippen molar-refractivity contribution in [1.29, 1.82) is 5.26 Å². The molecule has 0 aromatic carbocycles. The topological polar surface area (TPSA) is 45.8 Å². The molecule has 0 amide bonds. The van der Waals surface area contributed by atoms with Crippen LogP contribution in [0.3, 0.4) is 0 Å². The van der Waals surface area contributed by atoms with Gasteiger partial charge in [-0.15, -0.1) is 0 Å². The molecule has 1 rings (SSSR count). The summed E-state index contributed by atoms with van der Waals surface area (Å²) in [4.78, 5) is 12.0. The zero-order chi connectivity index (χ0) is 12.3. The molecular formula is C13H16N2O. The summed E-state index contributed by atoms with van der Waals surface area (Å²) in [5.41, 5.74) is 0.828. The van der Waals surface area contributed by atoms with Gasteiger partial charge >= 0.3 is 0 Å². The minimum absolute atomic E-state index is 0.193. The summed E-state index contributed by atoms with van der Waals surface area (Å²) in [6.45, 7) is 8.13. The summed E-state index contributed by atoms with van der Waals surface area (Å²) in [6, 6.07) is 2.00. The van der Waals surface area contributed by atoms with Crippen LogP contribution in [-0.4, -0.2) is 4.57 Å². The third kappa shape index (κ3) is 1.67. The van der Waals surface area contributed by atoms with E-state index in [-0.39, 0.29) is 11.1 Å². The Morgan fingerprint density at radius 1 is 1.38 bits per heavy atom. The van der Waals surface area contributed by atoms with Crippen molar-refractivity contribution in [3.8, 4) is 6.07 Å². The maximum Gasteiger partial charge on any atom is 0.269 e. The first-order chi connectivity index (χ1) is 7.62. The van der Waals surface area contributed by atoms with Crippen molar-refractivity contribution in [3.05, 3.63) is 32.0 Å². The van der Waals surface area contributed by atoms with E-state index in [1.54, 1.807) is 4.57 Å². The largest absolute Gasteiger partial charge is 0.308 e. The number of nitrogens with zero attached hydrogens (tertiary/aromatic N) is 2. The van der Waals surface area contributed by atoms with E-state index in [9.17, 15) is 4.79 Å². The van der Waals surface area contributed by atoms with Gasteiger partial charge in [-0.1, -0.05) is 12.2 Å². The normalized spacial score (nSPS) is 12.9. The van der Waals surface area contributed by atoms with Gasteiger partial charge in [0.2, 0.25) is 0 Å². The molecule has 0 saturated carbocycles. The number of nitriles is 1. The summed E-state index contributed by atoms with van der Waals surface area (Å²) in [7, 11) is 0. The molecule has 84 valence electrons. The van der Waals surface area contributed by atoms with Gasteiger partial charge in [-0.05, 0) is 38.5 Å². The van der Waals surface area contributed by atoms with Crippen molar-refractivity contribution < 1.29 is 0 Å². The first-order valence-electron chi connectivity index (χ1n) is 5.38. The van der Waals surface area contributed by atoms with Crippen molar-refractivity contribution in [2.24, 2.45) is 0 Å². The molecule has 3 nitrogen and oxygen atoms in total. The minimum Gasteiger partial charge on any atom is -0.308 e. The minimum atomic E-state index is -0.193. The van der Waals surface area contributed by atoms with Crippen molar-refractivity contribution in [1.82, 2.24) is 4.57 Å². The second kappa shape index (κ2) is 4.80. The van der Waals surface area contributed by atoms with Gasteiger partial charge < -0.3 is 4.57 Å². The second-order valence-electron chi connectivity index (χ2n) is 3.54. The molecule has 0 aliphatic rings. The van der Waals surface area contributed by atoms with Gasteiger partial charge in [0, 0.05) is 11.9 Å². The van der Waals surface area contributed by atoms with Crippen LogP contribution in [0.25, 0.3) is 12.2 Å². The average Bonchev–Trinajstić information content (AvgIpc) is 2.29. The lowest BCUT2D eigenvalue weighted by Gasteiger charge is -2.08. The Balaban J connectivity index is 4.12. The fourth-order valence-electron chi connectivity index (χ4n) is 2.00. The van der Waals surface area contributed by atoms with Crippen molar-refractivity contribution in [3.63, 3.8) is 0 Å². The summed E-state index contributed by atoms with van der Waals surface area (Å²) in [5, 5.41) is 10.9. The van der Waals surface area contributed by atoms with E-state index >= 15 is 0 Å². The molecule has 1 aromatic rings. The lowest BCUT2D eigenvalue weighted by atomic mass is 10.1. The Hall–Kier alpha value is -1.82. The summed E-state index contributed by atoms with van der Waals surface area (Å²) in [6.07, 6.45) is 3.85. The Bertz CT molecular complexity index is 615. The Morgan fingerprint density at radius 2 is 2.00 bits per heavy atom. The van der Waals surface area contributed by atoms with Crippen LogP contribution >= 0.6 is 0 Å². The summed E-state index contributed by atoms with van der Waals surface area (Å²) < 4.78 is 1.64. The van der Waals surface area contributed by atoms with Crippen LogP contribution in [0.4, 0.5) is 0 Å².